The van der Waals surface area contributed by atoms with Gasteiger partial charge in [-0.05, 0) is 42.5 Å². The molecule has 0 amide bonds. The van der Waals surface area contributed by atoms with E-state index in [4.69, 9.17) is 4.43 Å². The second-order valence-corrected chi connectivity index (χ2v) is 12.3. The average molecular weight is 292 g/mol. The molecule has 110 valence electrons. The zero-order valence-corrected chi connectivity index (χ0v) is 14.6. The van der Waals surface area contributed by atoms with E-state index in [1.807, 2.05) is 13.9 Å². The summed E-state index contributed by atoms with van der Waals surface area (Å²) in [5.41, 5.74) is 1.77. The standard InChI is InChI=1S/C16H26BFOSi/c1-16(2,3)20(4,5)19-15-12(11-7-6-8-11)9-10-13(17)14(15)18/h9-11H,6-8,17H2,1-5H3. The number of benzene rings is 1. The lowest BCUT2D eigenvalue weighted by Gasteiger charge is -2.38. The predicted molar refractivity (Wildman–Crippen MR) is 89.0 cm³/mol. The van der Waals surface area contributed by atoms with Crippen molar-refractivity contribution in [2.24, 2.45) is 0 Å². The van der Waals surface area contributed by atoms with E-state index in [2.05, 4.69) is 39.9 Å². The molecule has 0 N–H and O–H groups in total. The van der Waals surface area contributed by atoms with Crippen molar-refractivity contribution >= 4 is 21.6 Å². The normalized spacial score (nSPS) is 16.9. The van der Waals surface area contributed by atoms with Crippen molar-refractivity contribution in [3.05, 3.63) is 23.5 Å². The van der Waals surface area contributed by atoms with Gasteiger partial charge in [0.15, 0.2) is 5.82 Å². The molecule has 1 aromatic carbocycles. The lowest BCUT2D eigenvalue weighted by Crippen LogP contribution is -2.44. The van der Waals surface area contributed by atoms with E-state index in [0.29, 0.717) is 17.1 Å². The van der Waals surface area contributed by atoms with Gasteiger partial charge in [0.25, 0.3) is 8.32 Å². The Morgan fingerprint density at radius 1 is 1.25 bits per heavy atom. The molecule has 1 aliphatic rings. The quantitative estimate of drug-likeness (QED) is 0.771. The lowest BCUT2D eigenvalue weighted by atomic mass is 9.78. The maximum Gasteiger partial charge on any atom is 0.250 e. The Balaban J connectivity index is 2.41. The minimum absolute atomic E-state index is 0.0834. The summed E-state index contributed by atoms with van der Waals surface area (Å²) in [6.45, 7) is 10.9. The van der Waals surface area contributed by atoms with E-state index in [1.165, 1.54) is 6.42 Å². The van der Waals surface area contributed by atoms with Gasteiger partial charge < -0.3 is 4.43 Å². The van der Waals surface area contributed by atoms with Gasteiger partial charge in [-0.2, -0.15) is 0 Å². The van der Waals surface area contributed by atoms with E-state index < -0.39 is 8.32 Å². The smallest absolute Gasteiger partial charge is 0.250 e. The van der Waals surface area contributed by atoms with Crippen molar-refractivity contribution < 1.29 is 8.82 Å². The molecule has 0 heterocycles. The van der Waals surface area contributed by atoms with Gasteiger partial charge in [0.2, 0.25) is 0 Å². The lowest BCUT2D eigenvalue weighted by molar-refractivity contribution is 0.393. The third-order valence-corrected chi connectivity index (χ3v) is 9.36. The second kappa shape index (κ2) is 5.21. The van der Waals surface area contributed by atoms with Gasteiger partial charge in [0.05, 0.1) is 0 Å². The molecule has 0 radical (unpaired) electrons. The minimum Gasteiger partial charge on any atom is -0.541 e. The zero-order valence-electron chi connectivity index (χ0n) is 13.6. The van der Waals surface area contributed by atoms with E-state index in [-0.39, 0.29) is 10.9 Å². The monoisotopic (exact) mass is 292 g/mol. The number of hydrogen-bond donors (Lipinski definition) is 0. The third-order valence-electron chi connectivity index (χ3n) is 5.03. The molecular weight excluding hydrogens is 266 g/mol. The van der Waals surface area contributed by atoms with Gasteiger partial charge in [0, 0.05) is 0 Å². The Bertz CT molecular complexity index is 504. The van der Waals surface area contributed by atoms with Crippen LogP contribution in [0.25, 0.3) is 0 Å². The number of halogens is 1. The van der Waals surface area contributed by atoms with Gasteiger partial charge in [-0.1, -0.05) is 44.8 Å². The molecule has 0 bridgehead atoms. The van der Waals surface area contributed by atoms with Gasteiger partial charge >= 0.3 is 0 Å². The molecule has 1 aromatic rings. The highest BCUT2D eigenvalue weighted by molar-refractivity contribution is 6.74. The van der Waals surface area contributed by atoms with Crippen molar-refractivity contribution in [1.82, 2.24) is 0 Å². The first-order valence-corrected chi connectivity index (χ1v) is 10.5. The summed E-state index contributed by atoms with van der Waals surface area (Å²) in [5, 5.41) is 0.0834. The van der Waals surface area contributed by atoms with Crippen molar-refractivity contribution in [2.75, 3.05) is 0 Å². The van der Waals surface area contributed by atoms with Crippen LogP contribution in [0.1, 0.15) is 51.5 Å². The summed E-state index contributed by atoms with van der Waals surface area (Å²) in [4.78, 5) is 0. The molecule has 0 aliphatic heterocycles. The Labute approximate surface area is 124 Å². The number of hydrogen-bond acceptors (Lipinski definition) is 1. The number of rotatable bonds is 3. The van der Waals surface area contributed by atoms with Crippen molar-refractivity contribution in [2.45, 2.75) is 64.1 Å². The van der Waals surface area contributed by atoms with Crippen LogP contribution >= 0.6 is 0 Å². The molecule has 0 unspecified atom stereocenters. The zero-order chi connectivity index (χ0) is 15.1. The van der Waals surface area contributed by atoms with Crippen LogP contribution in [0.2, 0.25) is 18.1 Å². The fourth-order valence-corrected chi connectivity index (χ4v) is 3.25. The fourth-order valence-electron chi connectivity index (χ4n) is 2.22. The molecule has 1 fully saturated rings. The molecule has 0 atom stereocenters. The van der Waals surface area contributed by atoms with Crippen LogP contribution in [0.4, 0.5) is 4.39 Å². The van der Waals surface area contributed by atoms with Crippen LogP contribution in [0.3, 0.4) is 0 Å². The van der Waals surface area contributed by atoms with Crippen LogP contribution in [0.5, 0.6) is 5.75 Å². The molecule has 0 aromatic heterocycles. The van der Waals surface area contributed by atoms with Crippen LogP contribution in [0.15, 0.2) is 12.1 Å². The maximum atomic E-state index is 14.6. The molecule has 2 rings (SSSR count). The summed E-state index contributed by atoms with van der Waals surface area (Å²) in [6, 6.07) is 3.96. The summed E-state index contributed by atoms with van der Waals surface area (Å²) < 4.78 is 20.9. The summed E-state index contributed by atoms with van der Waals surface area (Å²) in [7, 11) is -0.188. The van der Waals surface area contributed by atoms with Crippen molar-refractivity contribution in [3.63, 3.8) is 0 Å². The molecule has 1 saturated carbocycles. The maximum absolute atomic E-state index is 14.6. The van der Waals surface area contributed by atoms with Crippen LogP contribution in [0, 0.1) is 5.82 Å². The molecular formula is C16H26BFOSi. The first-order chi connectivity index (χ1) is 9.13. The molecule has 1 aliphatic carbocycles. The largest absolute Gasteiger partial charge is 0.541 e. The first-order valence-electron chi connectivity index (χ1n) is 7.61. The Morgan fingerprint density at radius 2 is 1.85 bits per heavy atom. The molecule has 0 saturated heterocycles. The predicted octanol–water partition coefficient (Wildman–Crippen LogP) is 3.74. The first kappa shape index (κ1) is 15.6. The van der Waals surface area contributed by atoms with Crippen LogP contribution in [-0.2, 0) is 0 Å². The molecule has 4 heteroatoms. The summed E-state index contributed by atoms with van der Waals surface area (Å²) >= 11 is 0. The fraction of sp³-hybridized carbons (Fsp3) is 0.625. The molecule has 1 nitrogen and oxygen atoms in total. The van der Waals surface area contributed by atoms with Crippen LogP contribution < -0.4 is 9.89 Å². The second-order valence-electron chi connectivity index (χ2n) is 7.60. The SMILES string of the molecule is Bc1ccc(C2CCC2)c(O[Si](C)(C)C(C)(C)C)c1F. The van der Waals surface area contributed by atoms with Crippen LogP contribution in [-0.4, -0.2) is 16.2 Å². The average Bonchev–Trinajstić information content (AvgIpc) is 2.24. The van der Waals surface area contributed by atoms with Gasteiger partial charge in [-0.3, -0.25) is 0 Å². The van der Waals surface area contributed by atoms with E-state index in [9.17, 15) is 4.39 Å². The van der Waals surface area contributed by atoms with Gasteiger partial charge in [0.1, 0.15) is 13.6 Å². The van der Waals surface area contributed by atoms with Gasteiger partial charge in [-0.25, -0.2) is 4.39 Å². The highest BCUT2D eigenvalue weighted by Crippen LogP contribution is 2.44. The molecule has 0 spiro atoms. The van der Waals surface area contributed by atoms with E-state index in [1.54, 1.807) is 0 Å². The summed E-state index contributed by atoms with van der Waals surface area (Å²) in [5.74, 6) is 0.880. The molecule has 20 heavy (non-hydrogen) atoms. The van der Waals surface area contributed by atoms with E-state index >= 15 is 0 Å². The highest BCUT2D eigenvalue weighted by atomic mass is 28.4. The van der Waals surface area contributed by atoms with E-state index in [0.717, 1.165) is 18.4 Å². The minimum atomic E-state index is -2.01. The van der Waals surface area contributed by atoms with Gasteiger partial charge in [-0.15, -0.1) is 0 Å². The Morgan fingerprint density at radius 3 is 2.30 bits per heavy atom. The summed E-state index contributed by atoms with van der Waals surface area (Å²) in [6.07, 6.45) is 3.58. The third kappa shape index (κ3) is 2.80. The Kier molecular flexibility index (Phi) is 4.07. The topological polar surface area (TPSA) is 9.23 Å². The highest BCUT2D eigenvalue weighted by Gasteiger charge is 2.40. The Hall–Kier alpha value is -0.768. The van der Waals surface area contributed by atoms with Crippen molar-refractivity contribution in [3.8, 4) is 5.75 Å². The van der Waals surface area contributed by atoms with Crippen molar-refractivity contribution in [1.29, 1.82) is 0 Å².